The monoisotopic (exact) mass is 252 g/mol. The van der Waals surface area contributed by atoms with Gasteiger partial charge in [0.15, 0.2) is 0 Å². The number of hydrogen-bond acceptors (Lipinski definition) is 2. The maximum Gasteiger partial charge on any atom is 0.390 e. The lowest BCUT2D eigenvalue weighted by Crippen LogP contribution is -2.60. The van der Waals surface area contributed by atoms with Gasteiger partial charge in [-0.1, -0.05) is 13.8 Å². The number of piperazine rings is 1. The van der Waals surface area contributed by atoms with E-state index in [-0.39, 0.29) is 12.1 Å². The van der Waals surface area contributed by atoms with E-state index in [1.807, 2.05) is 11.8 Å². The Morgan fingerprint density at radius 2 is 1.88 bits per heavy atom. The van der Waals surface area contributed by atoms with E-state index < -0.39 is 18.6 Å². The third-order valence-corrected chi connectivity index (χ3v) is 3.45. The molecule has 2 nitrogen and oxygen atoms in total. The molecule has 0 aliphatic carbocycles. The number of nitrogens with one attached hydrogen (secondary N) is 1. The number of alkyl halides is 3. The number of hydrogen-bond donors (Lipinski definition) is 1. The standard InChI is InChI=1S/C12H23F3N2/c1-8(2)11-6-16-9(3)7-17(11)10(4)5-12(13,14)15/h8-11,16H,5-7H2,1-4H3. The average molecular weight is 252 g/mol. The fourth-order valence-electron chi connectivity index (χ4n) is 2.53. The fourth-order valence-corrected chi connectivity index (χ4v) is 2.53. The van der Waals surface area contributed by atoms with Gasteiger partial charge in [-0.3, -0.25) is 4.90 Å². The van der Waals surface area contributed by atoms with Crippen LogP contribution in [0.15, 0.2) is 0 Å². The van der Waals surface area contributed by atoms with Gasteiger partial charge in [-0.05, 0) is 19.8 Å². The Balaban J connectivity index is 2.68. The molecule has 0 aromatic heterocycles. The molecular weight excluding hydrogens is 229 g/mol. The smallest absolute Gasteiger partial charge is 0.311 e. The van der Waals surface area contributed by atoms with Crippen molar-refractivity contribution in [3.8, 4) is 0 Å². The normalized spacial score (nSPS) is 29.6. The fraction of sp³-hybridized carbons (Fsp3) is 1.00. The Hall–Kier alpha value is -0.290. The lowest BCUT2D eigenvalue weighted by atomic mass is 9.96. The Morgan fingerprint density at radius 1 is 1.29 bits per heavy atom. The predicted octanol–water partition coefficient (Wildman–Crippen LogP) is 2.65. The van der Waals surface area contributed by atoms with Gasteiger partial charge in [0.1, 0.15) is 0 Å². The van der Waals surface area contributed by atoms with Crippen LogP contribution in [0.3, 0.4) is 0 Å². The highest BCUT2D eigenvalue weighted by atomic mass is 19.4. The van der Waals surface area contributed by atoms with Crippen LogP contribution in [-0.4, -0.2) is 42.3 Å². The number of rotatable bonds is 3. The van der Waals surface area contributed by atoms with Gasteiger partial charge in [0.05, 0.1) is 6.42 Å². The molecule has 1 rings (SSSR count). The zero-order valence-electron chi connectivity index (χ0n) is 11.0. The molecule has 0 aromatic carbocycles. The summed E-state index contributed by atoms with van der Waals surface area (Å²) in [5.41, 5.74) is 0. The largest absolute Gasteiger partial charge is 0.390 e. The van der Waals surface area contributed by atoms with Gasteiger partial charge in [-0.25, -0.2) is 0 Å². The molecule has 0 amide bonds. The van der Waals surface area contributed by atoms with E-state index >= 15 is 0 Å². The molecule has 102 valence electrons. The second-order valence-corrected chi connectivity index (χ2v) is 5.49. The molecule has 0 spiro atoms. The van der Waals surface area contributed by atoms with Crippen LogP contribution < -0.4 is 5.32 Å². The molecule has 3 atom stereocenters. The van der Waals surface area contributed by atoms with Crippen LogP contribution in [-0.2, 0) is 0 Å². The van der Waals surface area contributed by atoms with E-state index in [0.29, 0.717) is 12.5 Å². The van der Waals surface area contributed by atoms with E-state index in [2.05, 4.69) is 19.2 Å². The highest BCUT2D eigenvalue weighted by Crippen LogP contribution is 2.27. The Kier molecular flexibility index (Phi) is 4.84. The first-order chi connectivity index (χ1) is 7.70. The number of nitrogens with zero attached hydrogens (tertiary/aromatic N) is 1. The van der Waals surface area contributed by atoms with Crippen molar-refractivity contribution in [3.63, 3.8) is 0 Å². The molecule has 3 unspecified atom stereocenters. The van der Waals surface area contributed by atoms with E-state index in [0.717, 1.165) is 6.54 Å². The first kappa shape index (κ1) is 14.8. The molecule has 1 fully saturated rings. The molecule has 1 aliphatic heterocycles. The van der Waals surface area contributed by atoms with Gasteiger partial charge >= 0.3 is 6.18 Å². The zero-order valence-corrected chi connectivity index (χ0v) is 11.0. The summed E-state index contributed by atoms with van der Waals surface area (Å²) >= 11 is 0. The summed E-state index contributed by atoms with van der Waals surface area (Å²) in [4.78, 5) is 2.01. The minimum atomic E-state index is -4.07. The second kappa shape index (κ2) is 5.57. The lowest BCUT2D eigenvalue weighted by Gasteiger charge is -2.45. The third kappa shape index (κ3) is 4.47. The SMILES string of the molecule is CC1CN(C(C)CC(F)(F)F)C(C(C)C)CN1. The molecule has 0 radical (unpaired) electrons. The van der Waals surface area contributed by atoms with Crippen LogP contribution in [0.1, 0.15) is 34.1 Å². The van der Waals surface area contributed by atoms with Gasteiger partial charge in [0.2, 0.25) is 0 Å². The highest BCUT2D eigenvalue weighted by molar-refractivity contribution is 4.89. The summed E-state index contributed by atoms with van der Waals surface area (Å²) in [5, 5.41) is 3.34. The first-order valence-corrected chi connectivity index (χ1v) is 6.26. The van der Waals surface area contributed by atoms with Crippen LogP contribution in [0.4, 0.5) is 13.2 Å². The van der Waals surface area contributed by atoms with Crippen molar-refractivity contribution < 1.29 is 13.2 Å². The highest BCUT2D eigenvalue weighted by Gasteiger charge is 2.37. The summed E-state index contributed by atoms with van der Waals surface area (Å²) in [6, 6.07) is 0.0242. The summed E-state index contributed by atoms with van der Waals surface area (Å²) in [6.45, 7) is 9.30. The molecule has 1 aliphatic rings. The van der Waals surface area contributed by atoms with Crippen molar-refractivity contribution >= 4 is 0 Å². The van der Waals surface area contributed by atoms with Crippen molar-refractivity contribution in [2.24, 2.45) is 5.92 Å². The molecule has 1 saturated heterocycles. The minimum absolute atomic E-state index is 0.198. The lowest BCUT2D eigenvalue weighted by molar-refractivity contribution is -0.150. The van der Waals surface area contributed by atoms with Crippen LogP contribution >= 0.6 is 0 Å². The van der Waals surface area contributed by atoms with Crippen molar-refractivity contribution in [2.75, 3.05) is 13.1 Å². The minimum Gasteiger partial charge on any atom is -0.311 e. The maximum atomic E-state index is 12.4. The zero-order chi connectivity index (χ0) is 13.2. The van der Waals surface area contributed by atoms with Gasteiger partial charge in [-0.2, -0.15) is 13.2 Å². The van der Waals surface area contributed by atoms with Crippen LogP contribution in [0.5, 0.6) is 0 Å². The van der Waals surface area contributed by atoms with Crippen LogP contribution in [0.2, 0.25) is 0 Å². The van der Waals surface area contributed by atoms with E-state index in [9.17, 15) is 13.2 Å². The Bertz CT molecular complexity index is 240. The van der Waals surface area contributed by atoms with Gasteiger partial charge in [-0.15, -0.1) is 0 Å². The second-order valence-electron chi connectivity index (χ2n) is 5.49. The average Bonchev–Trinajstić information content (AvgIpc) is 2.14. The van der Waals surface area contributed by atoms with Crippen molar-refractivity contribution in [2.45, 2.75) is 58.4 Å². The maximum absolute atomic E-state index is 12.4. The summed E-state index contributed by atoms with van der Waals surface area (Å²) < 4.78 is 37.3. The molecule has 5 heteroatoms. The van der Waals surface area contributed by atoms with Gasteiger partial charge in [0.25, 0.3) is 0 Å². The molecular formula is C12H23F3N2. The van der Waals surface area contributed by atoms with Gasteiger partial charge < -0.3 is 5.32 Å². The van der Waals surface area contributed by atoms with Crippen molar-refractivity contribution in [1.29, 1.82) is 0 Å². The molecule has 0 aromatic rings. The summed E-state index contributed by atoms with van der Waals surface area (Å²) in [5.74, 6) is 0.366. The van der Waals surface area contributed by atoms with E-state index in [1.54, 1.807) is 6.92 Å². The van der Waals surface area contributed by atoms with Crippen molar-refractivity contribution in [3.05, 3.63) is 0 Å². The van der Waals surface area contributed by atoms with Gasteiger partial charge in [0, 0.05) is 31.2 Å². The summed E-state index contributed by atoms with van der Waals surface area (Å²) in [7, 11) is 0. The summed E-state index contributed by atoms with van der Waals surface area (Å²) in [6.07, 6.45) is -4.79. The Labute approximate surface area is 102 Å². The molecule has 0 saturated carbocycles. The van der Waals surface area contributed by atoms with Crippen LogP contribution in [0.25, 0.3) is 0 Å². The van der Waals surface area contributed by atoms with E-state index in [4.69, 9.17) is 0 Å². The molecule has 1 N–H and O–H groups in total. The van der Waals surface area contributed by atoms with Crippen molar-refractivity contribution in [1.82, 2.24) is 10.2 Å². The molecule has 0 bridgehead atoms. The van der Waals surface area contributed by atoms with E-state index in [1.165, 1.54) is 0 Å². The molecule has 1 heterocycles. The topological polar surface area (TPSA) is 15.3 Å². The predicted molar refractivity (Wildman–Crippen MR) is 62.9 cm³/mol. The molecule has 17 heavy (non-hydrogen) atoms. The first-order valence-electron chi connectivity index (χ1n) is 6.26. The third-order valence-electron chi connectivity index (χ3n) is 3.45. The van der Waals surface area contributed by atoms with Crippen LogP contribution in [0, 0.1) is 5.92 Å². The number of halogens is 3. The Morgan fingerprint density at radius 3 is 2.35 bits per heavy atom. The quantitative estimate of drug-likeness (QED) is 0.830.